The van der Waals surface area contributed by atoms with Gasteiger partial charge >= 0.3 is 6.18 Å². The van der Waals surface area contributed by atoms with Crippen molar-refractivity contribution in [3.05, 3.63) is 22.8 Å². The fourth-order valence-electron chi connectivity index (χ4n) is 2.42. The highest BCUT2D eigenvalue weighted by atomic mass is 35.5. The molecule has 1 aliphatic rings. The van der Waals surface area contributed by atoms with Crippen molar-refractivity contribution >= 4 is 29.2 Å². The molecule has 1 aromatic heterocycles. The van der Waals surface area contributed by atoms with Crippen LogP contribution in [0.15, 0.2) is 12.3 Å². The Balaban J connectivity index is 2.13. The zero-order valence-electron chi connectivity index (χ0n) is 11.0. The van der Waals surface area contributed by atoms with Crippen LogP contribution in [0.2, 0.25) is 5.02 Å². The van der Waals surface area contributed by atoms with Gasteiger partial charge in [0.15, 0.2) is 0 Å². The zero-order valence-corrected chi connectivity index (χ0v) is 12.6. The van der Waals surface area contributed by atoms with E-state index in [0.29, 0.717) is 11.1 Å². The van der Waals surface area contributed by atoms with Crippen molar-refractivity contribution in [3.63, 3.8) is 0 Å². The molecule has 2 nitrogen and oxygen atoms in total. The lowest BCUT2D eigenvalue weighted by atomic mass is 9.95. The average molecular weight is 325 g/mol. The van der Waals surface area contributed by atoms with Crippen molar-refractivity contribution in [2.75, 3.05) is 11.6 Å². The summed E-state index contributed by atoms with van der Waals surface area (Å²) < 4.78 is 37.7. The molecule has 1 saturated carbocycles. The van der Waals surface area contributed by atoms with Crippen molar-refractivity contribution in [1.82, 2.24) is 4.98 Å². The number of halogens is 4. The fraction of sp³-hybridized carbons (Fsp3) is 0.615. The predicted octanol–water partition coefficient (Wildman–Crippen LogP) is 4.84. The van der Waals surface area contributed by atoms with Crippen molar-refractivity contribution in [3.8, 4) is 0 Å². The summed E-state index contributed by atoms with van der Waals surface area (Å²) in [4.78, 5) is 3.84. The molecule has 0 aromatic carbocycles. The van der Waals surface area contributed by atoms with Gasteiger partial charge < -0.3 is 5.32 Å². The van der Waals surface area contributed by atoms with Gasteiger partial charge in [0.2, 0.25) is 0 Å². The lowest BCUT2D eigenvalue weighted by Crippen LogP contribution is -2.34. The minimum atomic E-state index is -4.41. The topological polar surface area (TPSA) is 24.9 Å². The molecule has 0 amide bonds. The third-order valence-corrected chi connectivity index (χ3v) is 4.95. The molecule has 112 valence electrons. The first-order valence-electron chi connectivity index (χ1n) is 6.44. The first-order valence-corrected chi connectivity index (χ1v) is 8.10. The number of rotatable bonds is 3. The third-order valence-electron chi connectivity index (χ3n) is 3.50. The molecule has 1 aliphatic carbocycles. The van der Waals surface area contributed by atoms with Crippen molar-refractivity contribution in [2.45, 2.75) is 43.2 Å². The predicted molar refractivity (Wildman–Crippen MR) is 77.4 cm³/mol. The van der Waals surface area contributed by atoms with Crippen LogP contribution >= 0.6 is 23.4 Å². The van der Waals surface area contributed by atoms with Crippen LogP contribution in [0, 0.1) is 0 Å². The monoisotopic (exact) mass is 324 g/mol. The zero-order chi connectivity index (χ0) is 14.8. The average Bonchev–Trinajstić information content (AvgIpc) is 2.40. The maximum absolute atomic E-state index is 12.6. The summed E-state index contributed by atoms with van der Waals surface area (Å²) in [6, 6.07) is 1.13. The smallest absolute Gasteiger partial charge is 0.365 e. The lowest BCUT2D eigenvalue weighted by molar-refractivity contribution is -0.137. The molecule has 1 aromatic rings. The van der Waals surface area contributed by atoms with E-state index in [9.17, 15) is 13.2 Å². The minimum Gasteiger partial charge on any atom is -0.365 e. The summed E-state index contributed by atoms with van der Waals surface area (Å²) in [5.41, 5.74) is -0.821. The van der Waals surface area contributed by atoms with E-state index < -0.39 is 11.7 Å². The Morgan fingerprint density at radius 2 is 2.05 bits per heavy atom. The third kappa shape index (κ3) is 3.73. The van der Waals surface area contributed by atoms with Crippen LogP contribution in [0.5, 0.6) is 0 Å². The summed E-state index contributed by atoms with van der Waals surface area (Å²) in [5.74, 6) is 0.339. The van der Waals surface area contributed by atoms with Gasteiger partial charge in [-0.1, -0.05) is 24.4 Å². The molecule has 0 radical (unpaired) electrons. The molecular weight excluding hydrogens is 309 g/mol. The molecule has 1 fully saturated rings. The number of alkyl halides is 3. The molecule has 2 unspecified atom stereocenters. The van der Waals surface area contributed by atoms with E-state index >= 15 is 0 Å². The van der Waals surface area contributed by atoms with Crippen molar-refractivity contribution < 1.29 is 13.2 Å². The number of nitrogens with zero attached hydrogens (tertiary/aromatic N) is 1. The van der Waals surface area contributed by atoms with Crippen LogP contribution in [0.25, 0.3) is 0 Å². The molecule has 0 spiro atoms. The number of thioether (sulfide) groups is 1. The molecule has 1 heterocycles. The van der Waals surface area contributed by atoms with Crippen molar-refractivity contribution in [2.24, 2.45) is 0 Å². The Kier molecular flexibility index (Phi) is 5.07. The van der Waals surface area contributed by atoms with Crippen LogP contribution in [0.3, 0.4) is 0 Å². The summed E-state index contributed by atoms with van der Waals surface area (Å²) in [6.07, 6.45) is 2.87. The van der Waals surface area contributed by atoms with Gasteiger partial charge in [-0.3, -0.25) is 0 Å². The maximum atomic E-state index is 12.6. The summed E-state index contributed by atoms with van der Waals surface area (Å²) in [7, 11) is 0. The molecule has 2 atom stereocenters. The minimum absolute atomic E-state index is 0.0188. The molecule has 20 heavy (non-hydrogen) atoms. The number of hydrogen-bond acceptors (Lipinski definition) is 3. The number of nitrogens with one attached hydrogen (secondary N) is 1. The molecule has 0 aliphatic heterocycles. The van der Waals surface area contributed by atoms with Gasteiger partial charge in [-0.15, -0.1) is 0 Å². The Hall–Kier alpha value is -0.620. The van der Waals surface area contributed by atoms with E-state index in [0.717, 1.165) is 31.5 Å². The Labute approximate surface area is 125 Å². The van der Waals surface area contributed by atoms with E-state index in [1.54, 1.807) is 11.8 Å². The molecule has 0 bridgehead atoms. The first-order chi connectivity index (χ1) is 9.41. The van der Waals surface area contributed by atoms with Gasteiger partial charge in [0.05, 0.1) is 10.6 Å². The van der Waals surface area contributed by atoms with Crippen LogP contribution in [-0.4, -0.2) is 22.5 Å². The maximum Gasteiger partial charge on any atom is 0.417 e. The van der Waals surface area contributed by atoms with Gasteiger partial charge in [0.1, 0.15) is 5.82 Å². The lowest BCUT2D eigenvalue weighted by Gasteiger charge is -2.31. The SMILES string of the molecule is CSC1CCCCC1Nc1ncc(C(F)(F)F)cc1Cl. The summed E-state index contributed by atoms with van der Waals surface area (Å²) in [5, 5.41) is 3.66. The highest BCUT2D eigenvalue weighted by Crippen LogP contribution is 2.34. The van der Waals surface area contributed by atoms with E-state index in [1.165, 1.54) is 6.42 Å². The van der Waals surface area contributed by atoms with Crippen molar-refractivity contribution in [1.29, 1.82) is 0 Å². The van der Waals surface area contributed by atoms with Crippen LogP contribution in [0.1, 0.15) is 31.2 Å². The highest BCUT2D eigenvalue weighted by molar-refractivity contribution is 7.99. The second kappa shape index (κ2) is 6.43. The first kappa shape index (κ1) is 15.8. The Morgan fingerprint density at radius 3 is 2.65 bits per heavy atom. The second-order valence-electron chi connectivity index (χ2n) is 4.86. The fourth-order valence-corrected chi connectivity index (χ4v) is 3.57. The standard InChI is InChI=1S/C13H16ClF3N2S/c1-20-11-5-3-2-4-10(11)19-12-9(14)6-8(7-18-12)13(15,16)17/h6-7,10-11H,2-5H2,1H3,(H,18,19). The van der Waals surface area contributed by atoms with Gasteiger partial charge in [0.25, 0.3) is 0 Å². The Morgan fingerprint density at radius 1 is 1.35 bits per heavy atom. The normalized spacial score (nSPS) is 23.6. The van der Waals surface area contributed by atoms with Crippen LogP contribution < -0.4 is 5.32 Å². The number of pyridine rings is 1. The molecular formula is C13H16ClF3N2S. The van der Waals surface area contributed by atoms with E-state index in [1.807, 2.05) is 6.26 Å². The highest BCUT2D eigenvalue weighted by Gasteiger charge is 2.32. The largest absolute Gasteiger partial charge is 0.417 e. The van der Waals surface area contributed by atoms with Gasteiger partial charge in [0, 0.05) is 17.5 Å². The van der Waals surface area contributed by atoms with Crippen LogP contribution in [-0.2, 0) is 6.18 Å². The number of anilines is 1. The number of aromatic nitrogens is 1. The van der Waals surface area contributed by atoms with Gasteiger partial charge in [-0.25, -0.2) is 4.98 Å². The van der Waals surface area contributed by atoms with E-state index in [-0.39, 0.29) is 11.1 Å². The second-order valence-corrected chi connectivity index (χ2v) is 6.35. The molecule has 0 saturated heterocycles. The molecule has 7 heteroatoms. The summed E-state index contributed by atoms with van der Waals surface area (Å²) >= 11 is 7.69. The van der Waals surface area contributed by atoms with Gasteiger partial charge in [-0.05, 0) is 25.2 Å². The quantitative estimate of drug-likeness (QED) is 0.861. The number of hydrogen-bond donors (Lipinski definition) is 1. The summed E-state index contributed by atoms with van der Waals surface area (Å²) in [6.45, 7) is 0. The molecule has 1 N–H and O–H groups in total. The van der Waals surface area contributed by atoms with Crippen LogP contribution in [0.4, 0.5) is 19.0 Å². The van der Waals surface area contributed by atoms with E-state index in [4.69, 9.17) is 11.6 Å². The Bertz CT molecular complexity index is 467. The van der Waals surface area contributed by atoms with E-state index in [2.05, 4.69) is 10.3 Å². The van der Waals surface area contributed by atoms with Gasteiger partial charge in [-0.2, -0.15) is 24.9 Å². The molecule has 2 rings (SSSR count).